The molecule has 5 rings (SSSR count). The van der Waals surface area contributed by atoms with Gasteiger partial charge in [0.25, 0.3) is 0 Å². The third-order valence-electron chi connectivity index (χ3n) is 10.0. The summed E-state index contributed by atoms with van der Waals surface area (Å²) in [5.74, 6) is -0.0938. The van der Waals surface area contributed by atoms with Crippen LogP contribution in [0.3, 0.4) is 0 Å². The fraction of sp³-hybridized carbons (Fsp3) is 0.758. The smallest absolute Gasteiger partial charge is 0.303 e. The number of likely N-dealkylation sites (tertiary alicyclic amines) is 1. The molecule has 1 aromatic carbocycles. The molecule has 4 aliphatic rings. The number of phenolic OH excluding ortho intramolecular Hbond substituents is 1. The Morgan fingerprint density at radius 3 is 2.17 bits per heavy atom. The number of hydrogen-bond donors (Lipinski definition) is 3. The summed E-state index contributed by atoms with van der Waals surface area (Å²) >= 11 is 0. The summed E-state index contributed by atoms with van der Waals surface area (Å²) in [6, 6.07) is 3.57. The van der Waals surface area contributed by atoms with Crippen molar-refractivity contribution < 1.29 is 29.6 Å². The second-order valence-electron chi connectivity index (χ2n) is 12.6. The number of aliphatic carboxylic acids is 1. The largest absolute Gasteiger partial charge is 0.504 e. The molecule has 1 aromatic rings. The molecule has 1 saturated carbocycles. The lowest BCUT2D eigenvalue weighted by atomic mass is 9.49. The Labute approximate surface area is 240 Å². The average Bonchev–Trinajstić information content (AvgIpc) is 3.29. The zero-order valence-electron chi connectivity index (χ0n) is 24.8. The molecule has 2 aliphatic carbocycles. The number of ketones is 1. The molecule has 0 unspecified atom stereocenters. The fourth-order valence-corrected chi connectivity index (χ4v) is 7.83. The Morgan fingerprint density at radius 1 is 0.975 bits per heavy atom. The first-order valence-corrected chi connectivity index (χ1v) is 16.0. The van der Waals surface area contributed by atoms with E-state index >= 15 is 0 Å². The second kappa shape index (κ2) is 13.7. The molecule has 1 saturated heterocycles. The van der Waals surface area contributed by atoms with E-state index in [9.17, 15) is 19.8 Å². The van der Waals surface area contributed by atoms with Crippen molar-refractivity contribution in [2.24, 2.45) is 0 Å². The van der Waals surface area contributed by atoms with Gasteiger partial charge in [0.2, 0.25) is 0 Å². The van der Waals surface area contributed by atoms with E-state index in [0.29, 0.717) is 31.4 Å². The van der Waals surface area contributed by atoms with E-state index < -0.39 is 23.1 Å². The molecule has 3 N–H and O–H groups in total. The number of aliphatic hydroxyl groups is 1. The summed E-state index contributed by atoms with van der Waals surface area (Å²) in [6.07, 6.45) is 18.9. The van der Waals surface area contributed by atoms with Crippen molar-refractivity contribution in [3.63, 3.8) is 0 Å². The molecule has 4 atom stereocenters. The minimum Gasteiger partial charge on any atom is -0.504 e. The standard InChI is InChI=1S/C17H19NO4.C16H32O2/c1-18-7-6-16-13-9-2-3-10(19)14(13)22-15(16)11(20)4-5-17(16,21)12(18)8-9;1-2-3-4-5-6-7-8-9-10-11-12-13-14-15-16(17)18/h2-3,12,15,19,21H,4-8H2,1H3;2-15H2,1H3,(H,17,18)/t12-,15+,16+,17-;/m1./s1. The Hall–Kier alpha value is -2.12. The van der Waals surface area contributed by atoms with Crippen molar-refractivity contribution in [2.75, 3.05) is 13.6 Å². The number of likely N-dealkylation sites (N-methyl/N-ethyl adjacent to an activating group) is 1. The normalized spacial score (nSPS) is 27.9. The van der Waals surface area contributed by atoms with Crippen LogP contribution in [0.2, 0.25) is 0 Å². The number of carboxylic acids is 1. The van der Waals surface area contributed by atoms with Gasteiger partial charge in [-0.05, 0) is 50.9 Å². The third kappa shape index (κ3) is 6.06. The van der Waals surface area contributed by atoms with E-state index in [4.69, 9.17) is 9.84 Å². The zero-order valence-corrected chi connectivity index (χ0v) is 24.8. The SMILES string of the molecule is CCCCCCCCCCCCCCCC(=O)O.CN1CC[C@]23c4c5ccc(O)c4O[C@H]2C(=O)CC[C@@]3(O)[C@H]1C5. The van der Waals surface area contributed by atoms with Gasteiger partial charge in [0.05, 0.1) is 11.0 Å². The molecular formula is C33H51NO6. The van der Waals surface area contributed by atoms with Crippen LogP contribution in [0.1, 0.15) is 127 Å². The lowest BCUT2D eigenvalue weighted by molar-refractivity contribution is -0.185. The Kier molecular flexibility index (Phi) is 10.6. The predicted octanol–water partition coefficient (Wildman–Crippen LogP) is 6.30. The number of carbonyl (C=O) groups is 2. The van der Waals surface area contributed by atoms with E-state index in [2.05, 4.69) is 11.8 Å². The maximum Gasteiger partial charge on any atom is 0.303 e. The van der Waals surface area contributed by atoms with Crippen molar-refractivity contribution in [3.05, 3.63) is 23.3 Å². The highest BCUT2D eigenvalue weighted by Crippen LogP contribution is 2.64. The number of carboxylic acid groups (broad SMARTS) is 1. The summed E-state index contributed by atoms with van der Waals surface area (Å²) in [5, 5.41) is 30.3. The van der Waals surface area contributed by atoms with Crippen LogP contribution in [0.5, 0.6) is 11.5 Å². The first kappa shape index (κ1) is 30.8. The number of rotatable bonds is 14. The van der Waals surface area contributed by atoms with Gasteiger partial charge in [-0.25, -0.2) is 0 Å². The quantitative estimate of drug-likeness (QED) is 0.231. The number of piperidine rings is 1. The minimum absolute atomic E-state index is 0.00319. The molecule has 1 spiro atoms. The van der Waals surface area contributed by atoms with Crippen molar-refractivity contribution in [1.29, 1.82) is 0 Å². The lowest BCUT2D eigenvalue weighted by Crippen LogP contribution is -2.76. The highest BCUT2D eigenvalue weighted by atomic mass is 16.5. The Morgan fingerprint density at radius 2 is 1.57 bits per heavy atom. The number of aromatic hydroxyl groups is 1. The van der Waals surface area contributed by atoms with Crippen LogP contribution < -0.4 is 4.74 Å². The van der Waals surface area contributed by atoms with Gasteiger partial charge >= 0.3 is 5.97 Å². The number of unbranched alkanes of at least 4 members (excludes halogenated alkanes) is 12. The van der Waals surface area contributed by atoms with Crippen LogP contribution in [0.25, 0.3) is 0 Å². The molecule has 40 heavy (non-hydrogen) atoms. The van der Waals surface area contributed by atoms with Crippen LogP contribution in [-0.2, 0) is 21.4 Å². The summed E-state index contributed by atoms with van der Waals surface area (Å²) < 4.78 is 5.94. The number of phenols is 1. The van der Waals surface area contributed by atoms with Crippen molar-refractivity contribution in [2.45, 2.75) is 146 Å². The summed E-state index contributed by atoms with van der Waals surface area (Å²) in [7, 11) is 2.04. The first-order valence-electron chi connectivity index (χ1n) is 16.0. The van der Waals surface area contributed by atoms with Crippen LogP contribution in [0, 0.1) is 0 Å². The van der Waals surface area contributed by atoms with Crippen LogP contribution >= 0.6 is 0 Å². The molecule has 2 aliphatic heterocycles. The molecule has 0 aromatic heterocycles. The van der Waals surface area contributed by atoms with E-state index in [1.807, 2.05) is 13.1 Å². The fourth-order valence-electron chi connectivity index (χ4n) is 7.83. The molecule has 224 valence electrons. The molecular weight excluding hydrogens is 506 g/mol. The van der Waals surface area contributed by atoms with Crippen molar-refractivity contribution in [1.82, 2.24) is 4.90 Å². The van der Waals surface area contributed by atoms with Crippen LogP contribution in [-0.4, -0.2) is 63.3 Å². The highest BCUT2D eigenvalue weighted by molar-refractivity contribution is 5.90. The molecule has 0 radical (unpaired) electrons. The van der Waals surface area contributed by atoms with Crippen LogP contribution in [0.15, 0.2) is 12.1 Å². The maximum absolute atomic E-state index is 12.5. The van der Waals surface area contributed by atoms with Gasteiger partial charge < -0.3 is 25.0 Å². The monoisotopic (exact) mass is 557 g/mol. The summed E-state index contributed by atoms with van der Waals surface area (Å²) in [4.78, 5) is 25.0. The van der Waals surface area contributed by atoms with Crippen molar-refractivity contribution in [3.8, 4) is 11.5 Å². The Bertz CT molecular complexity index is 1030. The predicted molar refractivity (Wildman–Crippen MR) is 156 cm³/mol. The Balaban J connectivity index is 0.000000191. The lowest BCUT2D eigenvalue weighted by Gasteiger charge is -2.61. The average molecular weight is 558 g/mol. The summed E-state index contributed by atoms with van der Waals surface area (Å²) in [5.41, 5.74) is 0.370. The van der Waals surface area contributed by atoms with E-state index in [1.54, 1.807) is 6.07 Å². The summed E-state index contributed by atoms with van der Waals surface area (Å²) in [6.45, 7) is 3.09. The van der Waals surface area contributed by atoms with Gasteiger partial charge in [0.15, 0.2) is 23.4 Å². The number of benzene rings is 1. The first-order chi connectivity index (χ1) is 19.3. The van der Waals surface area contributed by atoms with Gasteiger partial charge in [-0.15, -0.1) is 0 Å². The number of nitrogens with zero attached hydrogens (tertiary/aromatic N) is 1. The van der Waals surface area contributed by atoms with Gasteiger partial charge in [-0.2, -0.15) is 0 Å². The van der Waals surface area contributed by atoms with E-state index in [0.717, 1.165) is 36.9 Å². The third-order valence-corrected chi connectivity index (χ3v) is 10.0. The van der Waals surface area contributed by atoms with E-state index in [-0.39, 0.29) is 17.6 Å². The minimum atomic E-state index is -0.954. The van der Waals surface area contributed by atoms with Gasteiger partial charge in [0.1, 0.15) is 0 Å². The topological polar surface area (TPSA) is 107 Å². The zero-order chi connectivity index (χ0) is 28.8. The maximum atomic E-state index is 12.5. The number of Topliss-reactive ketones (excluding diaryl/α,β-unsaturated/α-hetero) is 1. The number of carbonyl (C=O) groups excluding carboxylic acids is 1. The number of hydrogen-bond acceptors (Lipinski definition) is 6. The van der Waals surface area contributed by atoms with E-state index in [1.165, 1.54) is 70.6 Å². The molecule has 2 fully saturated rings. The van der Waals surface area contributed by atoms with Crippen molar-refractivity contribution >= 4 is 11.8 Å². The molecule has 2 heterocycles. The molecule has 2 bridgehead atoms. The van der Waals surface area contributed by atoms with Gasteiger partial charge in [-0.1, -0.05) is 90.0 Å². The molecule has 0 amide bonds. The molecule has 7 nitrogen and oxygen atoms in total. The molecule has 7 heteroatoms. The number of ether oxygens (including phenoxy) is 1. The van der Waals surface area contributed by atoms with Crippen LogP contribution in [0.4, 0.5) is 0 Å². The highest BCUT2D eigenvalue weighted by Gasteiger charge is 2.72. The van der Waals surface area contributed by atoms with Gasteiger partial charge in [0, 0.05) is 24.4 Å². The second-order valence-corrected chi connectivity index (χ2v) is 12.6. The van der Waals surface area contributed by atoms with Gasteiger partial charge in [-0.3, -0.25) is 9.59 Å².